The van der Waals surface area contributed by atoms with E-state index < -0.39 is 0 Å². The fraction of sp³-hybridized carbons (Fsp3) is 0.348. The molecule has 3 rings (SSSR count). The molecular weight excluding hydrogens is 387 g/mol. The number of benzene rings is 2. The normalized spacial score (nSPS) is 12.9. The van der Waals surface area contributed by atoms with E-state index >= 15 is 0 Å². The summed E-state index contributed by atoms with van der Waals surface area (Å²) in [6, 6.07) is 15.7. The first-order valence-corrected chi connectivity index (χ1v) is 11.5. The Balaban J connectivity index is 1.58. The Morgan fingerprint density at radius 3 is 2.36 bits per heavy atom. The topological polar surface area (TPSA) is 17.8 Å². The highest BCUT2D eigenvalue weighted by molar-refractivity contribution is 8.03. The molecule has 28 heavy (non-hydrogen) atoms. The number of nitrogens with zero attached hydrogens (tertiary/aromatic N) is 2. The minimum absolute atomic E-state index is 0.188. The van der Waals surface area contributed by atoms with Gasteiger partial charge >= 0.3 is 0 Å². The van der Waals surface area contributed by atoms with E-state index in [2.05, 4.69) is 54.6 Å². The molecule has 2 aromatic carbocycles. The highest BCUT2D eigenvalue weighted by Gasteiger charge is 2.14. The second-order valence-corrected chi connectivity index (χ2v) is 10.3. The van der Waals surface area contributed by atoms with Crippen LogP contribution < -0.4 is 0 Å². The van der Waals surface area contributed by atoms with Gasteiger partial charge in [0.1, 0.15) is 5.82 Å². The van der Waals surface area contributed by atoms with E-state index in [9.17, 15) is 4.39 Å². The van der Waals surface area contributed by atoms with Crippen LogP contribution in [-0.4, -0.2) is 20.6 Å². The summed E-state index contributed by atoms with van der Waals surface area (Å²) in [5, 5.41) is 0.388. The minimum atomic E-state index is -0.191. The van der Waals surface area contributed by atoms with Crippen LogP contribution in [0.1, 0.15) is 31.9 Å². The standard InChI is InChI=1S/C23H27FN2S2/c1-23(2,3)19-6-4-18(5-7-19)15-27-16-22(14-26-13-12-25-17-26)28-21-10-8-20(24)9-11-21/h4-13,17,22H,14-16H2,1-3H3. The molecule has 0 aliphatic carbocycles. The molecule has 0 aliphatic heterocycles. The molecule has 0 spiro atoms. The lowest BCUT2D eigenvalue weighted by molar-refractivity contribution is 0.590. The summed E-state index contributed by atoms with van der Waals surface area (Å²) in [4.78, 5) is 5.25. The molecule has 2 nitrogen and oxygen atoms in total. The summed E-state index contributed by atoms with van der Waals surface area (Å²) >= 11 is 3.74. The Labute approximate surface area is 176 Å². The number of halogens is 1. The van der Waals surface area contributed by atoms with Gasteiger partial charge in [-0.1, -0.05) is 45.0 Å². The van der Waals surface area contributed by atoms with Gasteiger partial charge in [0.2, 0.25) is 0 Å². The van der Waals surface area contributed by atoms with Crippen LogP contribution in [0.2, 0.25) is 0 Å². The van der Waals surface area contributed by atoms with Gasteiger partial charge in [0.05, 0.1) is 6.33 Å². The lowest BCUT2D eigenvalue weighted by atomic mass is 9.87. The molecule has 0 aliphatic rings. The van der Waals surface area contributed by atoms with Gasteiger partial charge in [-0.2, -0.15) is 11.8 Å². The second kappa shape index (κ2) is 9.66. The van der Waals surface area contributed by atoms with Crippen LogP contribution in [0, 0.1) is 5.82 Å². The Kier molecular flexibility index (Phi) is 7.24. The molecule has 0 amide bonds. The molecule has 0 fully saturated rings. The average molecular weight is 415 g/mol. The predicted octanol–water partition coefficient (Wildman–Crippen LogP) is 6.41. The lowest BCUT2D eigenvalue weighted by Crippen LogP contribution is -2.15. The van der Waals surface area contributed by atoms with Crippen molar-refractivity contribution in [3.63, 3.8) is 0 Å². The van der Waals surface area contributed by atoms with Crippen molar-refractivity contribution < 1.29 is 4.39 Å². The van der Waals surface area contributed by atoms with E-state index in [1.807, 2.05) is 42.6 Å². The average Bonchev–Trinajstić information content (AvgIpc) is 3.16. The Hall–Kier alpha value is -1.72. The summed E-state index contributed by atoms with van der Waals surface area (Å²) in [7, 11) is 0. The lowest BCUT2D eigenvalue weighted by Gasteiger charge is -2.19. The molecular formula is C23H27FN2S2. The summed E-state index contributed by atoms with van der Waals surface area (Å²) in [6.45, 7) is 7.61. The van der Waals surface area contributed by atoms with E-state index in [0.29, 0.717) is 5.25 Å². The maximum absolute atomic E-state index is 13.2. The van der Waals surface area contributed by atoms with Gasteiger partial charge in [-0.05, 0) is 40.8 Å². The van der Waals surface area contributed by atoms with Crippen molar-refractivity contribution >= 4 is 23.5 Å². The number of hydrogen-bond donors (Lipinski definition) is 0. The van der Waals surface area contributed by atoms with Crippen molar-refractivity contribution in [2.45, 2.75) is 48.6 Å². The van der Waals surface area contributed by atoms with E-state index in [1.165, 1.54) is 23.3 Å². The van der Waals surface area contributed by atoms with Crippen LogP contribution in [0.25, 0.3) is 0 Å². The summed E-state index contributed by atoms with van der Waals surface area (Å²) in [6.07, 6.45) is 5.66. The Morgan fingerprint density at radius 2 is 1.75 bits per heavy atom. The largest absolute Gasteiger partial charge is 0.336 e. The van der Waals surface area contributed by atoms with Gasteiger partial charge < -0.3 is 4.57 Å². The maximum atomic E-state index is 13.2. The summed E-state index contributed by atoms with van der Waals surface area (Å²) in [5.41, 5.74) is 2.91. The second-order valence-electron chi connectivity index (χ2n) is 7.92. The monoisotopic (exact) mass is 414 g/mol. The molecule has 0 bridgehead atoms. The maximum Gasteiger partial charge on any atom is 0.123 e. The smallest absolute Gasteiger partial charge is 0.123 e. The van der Waals surface area contributed by atoms with Crippen molar-refractivity contribution in [3.8, 4) is 0 Å². The van der Waals surface area contributed by atoms with Crippen molar-refractivity contribution in [2.75, 3.05) is 5.75 Å². The highest BCUT2D eigenvalue weighted by atomic mass is 32.2. The first-order valence-electron chi connectivity index (χ1n) is 9.45. The van der Waals surface area contributed by atoms with Crippen molar-refractivity contribution in [1.82, 2.24) is 9.55 Å². The summed E-state index contributed by atoms with van der Waals surface area (Å²) < 4.78 is 15.3. The van der Waals surface area contributed by atoms with Gasteiger partial charge in [-0.15, -0.1) is 11.8 Å². The van der Waals surface area contributed by atoms with Gasteiger partial charge in [-0.25, -0.2) is 9.37 Å². The van der Waals surface area contributed by atoms with E-state index in [4.69, 9.17) is 0 Å². The van der Waals surface area contributed by atoms with Crippen LogP contribution in [0.3, 0.4) is 0 Å². The number of hydrogen-bond acceptors (Lipinski definition) is 3. The quantitative estimate of drug-likeness (QED) is 0.396. The molecule has 1 atom stereocenters. The highest BCUT2D eigenvalue weighted by Crippen LogP contribution is 2.29. The molecule has 0 radical (unpaired) electrons. The van der Waals surface area contributed by atoms with Gasteiger partial charge in [-0.3, -0.25) is 0 Å². The molecule has 1 heterocycles. The summed E-state index contributed by atoms with van der Waals surface area (Å²) in [5.74, 6) is 1.82. The first-order chi connectivity index (χ1) is 13.4. The third-order valence-electron chi connectivity index (χ3n) is 4.48. The third-order valence-corrected chi connectivity index (χ3v) is 7.06. The molecule has 0 N–H and O–H groups in total. The molecule has 1 aromatic heterocycles. The number of imidazole rings is 1. The number of aromatic nitrogens is 2. The van der Waals surface area contributed by atoms with Gasteiger partial charge in [0, 0.05) is 40.6 Å². The molecule has 148 valence electrons. The molecule has 5 heteroatoms. The van der Waals surface area contributed by atoms with E-state index in [0.717, 1.165) is 22.9 Å². The van der Waals surface area contributed by atoms with Crippen molar-refractivity contribution in [1.29, 1.82) is 0 Å². The minimum Gasteiger partial charge on any atom is -0.336 e. The Bertz CT molecular complexity index is 838. The number of rotatable bonds is 8. The van der Waals surface area contributed by atoms with Crippen molar-refractivity contribution in [2.24, 2.45) is 0 Å². The number of thioether (sulfide) groups is 2. The third kappa shape index (κ3) is 6.42. The van der Waals surface area contributed by atoms with E-state index in [-0.39, 0.29) is 11.2 Å². The van der Waals surface area contributed by atoms with Gasteiger partial charge in [0.15, 0.2) is 0 Å². The van der Waals surface area contributed by atoms with Gasteiger partial charge in [0.25, 0.3) is 0 Å². The fourth-order valence-electron chi connectivity index (χ4n) is 2.87. The zero-order chi connectivity index (χ0) is 20.0. The van der Waals surface area contributed by atoms with Crippen LogP contribution >= 0.6 is 23.5 Å². The molecule has 3 aromatic rings. The fourth-order valence-corrected chi connectivity index (χ4v) is 5.27. The van der Waals surface area contributed by atoms with Crippen LogP contribution in [0.4, 0.5) is 4.39 Å². The molecule has 1 unspecified atom stereocenters. The molecule has 0 saturated heterocycles. The zero-order valence-corrected chi connectivity index (χ0v) is 18.3. The SMILES string of the molecule is CC(C)(C)c1ccc(CSCC(Cn2ccnc2)Sc2ccc(F)cc2)cc1. The van der Waals surface area contributed by atoms with Crippen LogP contribution in [-0.2, 0) is 17.7 Å². The van der Waals surface area contributed by atoms with Crippen LogP contribution in [0.15, 0.2) is 72.1 Å². The first kappa shape index (κ1) is 21.0. The molecule has 0 saturated carbocycles. The zero-order valence-electron chi connectivity index (χ0n) is 16.6. The Morgan fingerprint density at radius 1 is 1.04 bits per heavy atom. The van der Waals surface area contributed by atoms with E-state index in [1.54, 1.807) is 11.8 Å². The predicted molar refractivity (Wildman–Crippen MR) is 120 cm³/mol. The van der Waals surface area contributed by atoms with Crippen LogP contribution in [0.5, 0.6) is 0 Å². The van der Waals surface area contributed by atoms with Crippen molar-refractivity contribution in [3.05, 3.63) is 84.2 Å².